The van der Waals surface area contributed by atoms with E-state index in [-0.39, 0.29) is 18.1 Å². The highest BCUT2D eigenvalue weighted by molar-refractivity contribution is 5.96. The average Bonchev–Trinajstić information content (AvgIpc) is 2.95. The number of carbonyl (C=O) groups excluding carboxylic acids is 1. The van der Waals surface area contributed by atoms with Crippen molar-refractivity contribution in [3.05, 3.63) is 18.2 Å². The molecule has 0 spiro atoms. The minimum absolute atomic E-state index is 0.0735. The Morgan fingerprint density at radius 3 is 2.86 bits per heavy atom. The van der Waals surface area contributed by atoms with Crippen molar-refractivity contribution in [2.75, 3.05) is 38.4 Å². The molecule has 1 saturated heterocycles. The number of carbonyl (C=O) groups is 1. The first kappa shape index (κ1) is 15.6. The highest BCUT2D eigenvalue weighted by Crippen LogP contribution is 2.27. The predicted molar refractivity (Wildman–Crippen MR) is 82.5 cm³/mol. The number of nitrogens with one attached hydrogen (secondary N) is 1. The topological polar surface area (TPSA) is 76.8 Å². The van der Waals surface area contributed by atoms with Crippen LogP contribution in [0.1, 0.15) is 13.3 Å². The number of benzene rings is 1. The van der Waals surface area contributed by atoms with Gasteiger partial charge in [-0.25, -0.2) is 0 Å². The minimum atomic E-state index is -0.226. The summed E-state index contributed by atoms with van der Waals surface area (Å²) in [4.78, 5) is 14.5. The van der Waals surface area contributed by atoms with Crippen LogP contribution >= 0.6 is 0 Å². The largest absolute Gasteiger partial charge is 0.495 e. The third kappa shape index (κ3) is 3.65. The molecule has 0 bridgehead atoms. The van der Waals surface area contributed by atoms with E-state index in [1.165, 1.54) is 0 Å². The summed E-state index contributed by atoms with van der Waals surface area (Å²) >= 11 is 0. The molecule has 6 nitrogen and oxygen atoms in total. The van der Waals surface area contributed by atoms with Crippen molar-refractivity contribution in [3.8, 4) is 5.75 Å². The monoisotopic (exact) mass is 293 g/mol. The van der Waals surface area contributed by atoms with Crippen molar-refractivity contribution in [3.63, 3.8) is 0 Å². The van der Waals surface area contributed by atoms with E-state index in [0.29, 0.717) is 17.1 Å². The van der Waals surface area contributed by atoms with Crippen molar-refractivity contribution in [1.82, 2.24) is 4.90 Å². The van der Waals surface area contributed by atoms with Gasteiger partial charge in [-0.15, -0.1) is 0 Å². The van der Waals surface area contributed by atoms with Gasteiger partial charge in [0.15, 0.2) is 0 Å². The molecule has 0 aliphatic carbocycles. The Kier molecular flexibility index (Phi) is 5.03. The molecule has 116 valence electrons. The minimum Gasteiger partial charge on any atom is -0.495 e. The first-order valence-corrected chi connectivity index (χ1v) is 7.06. The lowest BCUT2D eigenvalue weighted by Gasteiger charge is -2.23. The number of ether oxygens (including phenoxy) is 2. The SMILES string of the molecule is COc1ccc(N)cc1NC(=O)C(C)N1CCC(OC)C1. The molecule has 1 aliphatic rings. The van der Waals surface area contributed by atoms with E-state index in [0.717, 1.165) is 19.5 Å². The quantitative estimate of drug-likeness (QED) is 0.801. The van der Waals surface area contributed by atoms with Gasteiger partial charge in [-0.3, -0.25) is 9.69 Å². The Hall–Kier alpha value is -1.79. The normalized spacial score (nSPS) is 20.2. The Morgan fingerprint density at radius 2 is 2.24 bits per heavy atom. The molecule has 6 heteroatoms. The van der Waals surface area contributed by atoms with E-state index < -0.39 is 0 Å². The molecule has 1 amide bonds. The zero-order chi connectivity index (χ0) is 15.4. The number of nitrogen functional groups attached to an aromatic ring is 1. The Labute approximate surface area is 125 Å². The zero-order valence-corrected chi connectivity index (χ0v) is 12.8. The fraction of sp³-hybridized carbons (Fsp3) is 0.533. The molecule has 0 aromatic heterocycles. The maximum absolute atomic E-state index is 12.4. The van der Waals surface area contributed by atoms with Gasteiger partial charge < -0.3 is 20.5 Å². The second-order valence-electron chi connectivity index (χ2n) is 5.27. The number of nitrogens with two attached hydrogens (primary N) is 1. The molecule has 0 radical (unpaired) electrons. The highest BCUT2D eigenvalue weighted by atomic mass is 16.5. The van der Waals surface area contributed by atoms with Gasteiger partial charge in [-0.2, -0.15) is 0 Å². The number of rotatable bonds is 5. The molecule has 1 aliphatic heterocycles. The molecule has 21 heavy (non-hydrogen) atoms. The Morgan fingerprint density at radius 1 is 1.48 bits per heavy atom. The van der Waals surface area contributed by atoms with E-state index in [2.05, 4.69) is 10.2 Å². The van der Waals surface area contributed by atoms with Crippen LogP contribution in [-0.4, -0.2) is 50.3 Å². The molecule has 3 N–H and O–H groups in total. The fourth-order valence-corrected chi connectivity index (χ4v) is 2.52. The van der Waals surface area contributed by atoms with E-state index >= 15 is 0 Å². The molecule has 2 unspecified atom stereocenters. The maximum Gasteiger partial charge on any atom is 0.241 e. The van der Waals surface area contributed by atoms with Gasteiger partial charge in [0, 0.05) is 25.9 Å². The van der Waals surface area contributed by atoms with Crippen molar-refractivity contribution in [1.29, 1.82) is 0 Å². The molecule has 1 aromatic rings. The summed E-state index contributed by atoms with van der Waals surface area (Å²) in [5.41, 5.74) is 6.94. The van der Waals surface area contributed by atoms with Crippen LogP contribution in [0.2, 0.25) is 0 Å². The maximum atomic E-state index is 12.4. The number of methoxy groups -OCH3 is 2. The first-order valence-electron chi connectivity index (χ1n) is 7.06. The fourth-order valence-electron chi connectivity index (χ4n) is 2.52. The van der Waals surface area contributed by atoms with E-state index in [1.807, 2.05) is 6.92 Å². The summed E-state index contributed by atoms with van der Waals surface area (Å²) in [6.07, 6.45) is 1.16. The van der Waals surface area contributed by atoms with Gasteiger partial charge in [0.25, 0.3) is 0 Å². The Bertz CT molecular complexity index is 507. The molecule has 1 fully saturated rings. The summed E-state index contributed by atoms with van der Waals surface area (Å²) in [5.74, 6) is 0.525. The van der Waals surface area contributed by atoms with E-state index in [1.54, 1.807) is 32.4 Å². The average molecular weight is 293 g/mol. The van der Waals surface area contributed by atoms with Crippen molar-refractivity contribution in [2.24, 2.45) is 0 Å². The lowest BCUT2D eigenvalue weighted by molar-refractivity contribution is -0.120. The zero-order valence-electron chi connectivity index (χ0n) is 12.8. The van der Waals surface area contributed by atoms with Gasteiger partial charge in [0.05, 0.1) is 24.9 Å². The van der Waals surface area contributed by atoms with Crippen LogP contribution in [0.5, 0.6) is 5.75 Å². The van der Waals surface area contributed by atoms with Gasteiger partial charge in [0.1, 0.15) is 5.75 Å². The van der Waals surface area contributed by atoms with Crippen molar-refractivity contribution >= 4 is 17.3 Å². The molecule has 2 atom stereocenters. The van der Waals surface area contributed by atoms with Gasteiger partial charge in [-0.1, -0.05) is 0 Å². The summed E-state index contributed by atoms with van der Waals surface area (Å²) in [5, 5.41) is 2.89. The molecule has 1 aromatic carbocycles. The van der Waals surface area contributed by atoms with Crippen LogP contribution in [0.15, 0.2) is 18.2 Å². The summed E-state index contributed by atoms with van der Waals surface area (Å²) in [6, 6.07) is 4.95. The number of nitrogens with zero attached hydrogens (tertiary/aromatic N) is 1. The standard InChI is InChI=1S/C15H23N3O3/c1-10(18-7-6-12(9-18)20-2)15(19)17-13-8-11(16)4-5-14(13)21-3/h4-5,8,10,12H,6-7,9,16H2,1-3H3,(H,17,19). The summed E-state index contributed by atoms with van der Waals surface area (Å²) < 4.78 is 10.6. The predicted octanol–water partition coefficient (Wildman–Crippen LogP) is 1.33. The lowest BCUT2D eigenvalue weighted by Crippen LogP contribution is -2.41. The third-order valence-electron chi connectivity index (χ3n) is 3.92. The van der Waals surface area contributed by atoms with Crippen molar-refractivity contribution in [2.45, 2.75) is 25.5 Å². The number of hydrogen-bond acceptors (Lipinski definition) is 5. The third-order valence-corrected chi connectivity index (χ3v) is 3.92. The highest BCUT2D eigenvalue weighted by Gasteiger charge is 2.29. The second-order valence-corrected chi connectivity index (χ2v) is 5.27. The van der Waals surface area contributed by atoms with Crippen LogP contribution in [-0.2, 0) is 9.53 Å². The van der Waals surface area contributed by atoms with Crippen LogP contribution < -0.4 is 15.8 Å². The first-order chi connectivity index (χ1) is 10.0. The van der Waals surface area contributed by atoms with E-state index in [9.17, 15) is 4.79 Å². The van der Waals surface area contributed by atoms with E-state index in [4.69, 9.17) is 15.2 Å². The summed E-state index contributed by atoms with van der Waals surface area (Å²) in [7, 11) is 3.27. The molecule has 2 rings (SSSR count). The van der Waals surface area contributed by atoms with Crippen LogP contribution in [0.4, 0.5) is 11.4 Å². The molecular weight excluding hydrogens is 270 g/mol. The number of likely N-dealkylation sites (tertiary alicyclic amines) is 1. The lowest BCUT2D eigenvalue weighted by atomic mass is 10.2. The second kappa shape index (κ2) is 6.78. The van der Waals surface area contributed by atoms with Gasteiger partial charge >= 0.3 is 0 Å². The van der Waals surface area contributed by atoms with Gasteiger partial charge in [0.2, 0.25) is 5.91 Å². The molecule has 1 heterocycles. The van der Waals surface area contributed by atoms with Crippen LogP contribution in [0.25, 0.3) is 0 Å². The van der Waals surface area contributed by atoms with Crippen LogP contribution in [0.3, 0.4) is 0 Å². The number of amides is 1. The van der Waals surface area contributed by atoms with Crippen LogP contribution in [0, 0.1) is 0 Å². The molecule has 0 saturated carbocycles. The smallest absolute Gasteiger partial charge is 0.241 e. The van der Waals surface area contributed by atoms with Crippen molar-refractivity contribution < 1.29 is 14.3 Å². The summed E-state index contributed by atoms with van der Waals surface area (Å²) in [6.45, 7) is 3.53. The number of anilines is 2. The van der Waals surface area contributed by atoms with Gasteiger partial charge in [-0.05, 0) is 31.5 Å². The molecular formula is C15H23N3O3. The number of hydrogen-bond donors (Lipinski definition) is 2. The Balaban J connectivity index is 2.02.